The van der Waals surface area contributed by atoms with Crippen LogP contribution < -0.4 is 14.8 Å². The van der Waals surface area contributed by atoms with Crippen molar-refractivity contribution in [1.82, 2.24) is 10.3 Å². The highest BCUT2D eigenvalue weighted by Gasteiger charge is 2.22. The van der Waals surface area contributed by atoms with Crippen LogP contribution in [0, 0.1) is 0 Å². The van der Waals surface area contributed by atoms with Gasteiger partial charge in [0.2, 0.25) is 0 Å². The predicted molar refractivity (Wildman–Crippen MR) is 78.7 cm³/mol. The number of benzene rings is 1. The van der Waals surface area contributed by atoms with Crippen LogP contribution in [0.25, 0.3) is 0 Å². The van der Waals surface area contributed by atoms with Gasteiger partial charge in [-0.15, -0.1) is 0 Å². The topological polar surface area (TPSA) is 63.4 Å². The van der Waals surface area contributed by atoms with Crippen molar-refractivity contribution in [2.24, 2.45) is 0 Å². The molecule has 1 amide bonds. The third kappa shape index (κ3) is 2.72. The van der Waals surface area contributed by atoms with E-state index in [0.717, 1.165) is 12.1 Å². The quantitative estimate of drug-likeness (QED) is 0.908. The molecule has 2 aromatic rings. The molecule has 21 heavy (non-hydrogen) atoms. The fraction of sp³-hybridized carbons (Fsp3) is 0.312. The molecule has 0 saturated heterocycles. The summed E-state index contributed by atoms with van der Waals surface area (Å²) in [5, 5.41) is 3.03. The highest BCUT2D eigenvalue weighted by atomic mass is 16.6. The first-order valence-corrected chi connectivity index (χ1v) is 7.12. The van der Waals surface area contributed by atoms with Gasteiger partial charge >= 0.3 is 0 Å². The molecule has 3 rings (SSSR count). The third-order valence-corrected chi connectivity index (χ3v) is 3.52. The van der Waals surface area contributed by atoms with Crippen LogP contribution in [0.3, 0.4) is 0 Å². The Bertz CT molecular complexity index is 622. The van der Waals surface area contributed by atoms with Gasteiger partial charge in [0, 0.05) is 11.9 Å². The molecule has 2 N–H and O–H groups in total. The summed E-state index contributed by atoms with van der Waals surface area (Å²) in [6, 6.07) is 9.21. The van der Waals surface area contributed by atoms with Crippen LogP contribution in [0.15, 0.2) is 36.5 Å². The van der Waals surface area contributed by atoms with Crippen LogP contribution in [-0.2, 0) is 0 Å². The zero-order valence-corrected chi connectivity index (χ0v) is 11.9. The van der Waals surface area contributed by atoms with Crippen molar-refractivity contribution in [2.45, 2.75) is 19.4 Å². The Morgan fingerprint density at radius 1 is 1.29 bits per heavy atom. The normalized spacial score (nSPS) is 14.5. The van der Waals surface area contributed by atoms with E-state index in [1.54, 1.807) is 12.1 Å². The molecule has 0 bridgehead atoms. The van der Waals surface area contributed by atoms with Crippen LogP contribution in [0.4, 0.5) is 0 Å². The number of hydrogen-bond donors (Lipinski definition) is 2. The number of carbonyl (C=O) groups excluding carboxylic acids is 1. The molecule has 0 aliphatic carbocycles. The summed E-state index contributed by atoms with van der Waals surface area (Å²) in [6.07, 6.45) is 2.66. The van der Waals surface area contributed by atoms with E-state index < -0.39 is 0 Å². The van der Waals surface area contributed by atoms with Gasteiger partial charge in [0.25, 0.3) is 5.91 Å². The zero-order valence-electron chi connectivity index (χ0n) is 11.9. The molecule has 1 aliphatic rings. The third-order valence-electron chi connectivity index (χ3n) is 3.52. The maximum Gasteiger partial charge on any atom is 0.255 e. The zero-order chi connectivity index (χ0) is 14.7. The van der Waals surface area contributed by atoms with Crippen molar-refractivity contribution in [3.05, 3.63) is 47.8 Å². The molecule has 1 unspecified atom stereocenters. The largest absolute Gasteiger partial charge is 0.486 e. The first kappa shape index (κ1) is 13.5. The van der Waals surface area contributed by atoms with Crippen LogP contribution >= 0.6 is 0 Å². The Morgan fingerprint density at radius 3 is 2.90 bits per heavy atom. The lowest BCUT2D eigenvalue weighted by molar-refractivity contribution is 0.0923. The minimum atomic E-state index is -0.154. The first-order chi connectivity index (χ1) is 10.3. The Kier molecular flexibility index (Phi) is 3.81. The van der Waals surface area contributed by atoms with Crippen molar-refractivity contribution in [3.63, 3.8) is 0 Å². The SMILES string of the molecule is CCC(NC(=O)c1cccc2c1OCCO2)c1ccc[nH]1. The summed E-state index contributed by atoms with van der Waals surface area (Å²) in [4.78, 5) is 15.7. The summed E-state index contributed by atoms with van der Waals surface area (Å²) in [6.45, 7) is 3.01. The Morgan fingerprint density at radius 2 is 2.14 bits per heavy atom. The van der Waals surface area contributed by atoms with E-state index in [1.165, 1.54) is 0 Å². The molecule has 5 nitrogen and oxygen atoms in total. The maximum atomic E-state index is 12.5. The van der Waals surface area contributed by atoms with E-state index in [0.29, 0.717) is 30.3 Å². The average Bonchev–Trinajstić information content (AvgIpc) is 3.06. The average molecular weight is 286 g/mol. The number of fused-ring (bicyclic) bond motifs is 1. The monoisotopic (exact) mass is 286 g/mol. The number of nitrogens with one attached hydrogen (secondary N) is 2. The summed E-state index contributed by atoms with van der Waals surface area (Å²) >= 11 is 0. The second kappa shape index (κ2) is 5.91. The van der Waals surface area contributed by atoms with Gasteiger partial charge in [0.15, 0.2) is 11.5 Å². The lowest BCUT2D eigenvalue weighted by Gasteiger charge is -2.22. The van der Waals surface area contributed by atoms with Crippen LogP contribution in [0.2, 0.25) is 0 Å². The van der Waals surface area contributed by atoms with Crippen LogP contribution in [0.5, 0.6) is 11.5 Å². The van der Waals surface area contributed by atoms with E-state index in [2.05, 4.69) is 10.3 Å². The second-order valence-corrected chi connectivity index (χ2v) is 4.89. The number of rotatable bonds is 4. The number of carbonyl (C=O) groups is 1. The van der Waals surface area contributed by atoms with Crippen molar-refractivity contribution >= 4 is 5.91 Å². The molecule has 2 heterocycles. The molecular formula is C16H18N2O3. The summed E-state index contributed by atoms with van der Waals surface area (Å²) in [5.74, 6) is 1.00. The lowest BCUT2D eigenvalue weighted by Crippen LogP contribution is -2.29. The Balaban J connectivity index is 1.82. The fourth-order valence-electron chi connectivity index (χ4n) is 2.45. The summed E-state index contributed by atoms with van der Waals surface area (Å²) < 4.78 is 11.1. The summed E-state index contributed by atoms with van der Waals surface area (Å²) in [7, 11) is 0. The number of aromatic amines is 1. The van der Waals surface area contributed by atoms with Gasteiger partial charge in [0.1, 0.15) is 13.2 Å². The summed E-state index contributed by atoms with van der Waals surface area (Å²) in [5.41, 5.74) is 1.50. The second-order valence-electron chi connectivity index (χ2n) is 4.89. The molecular weight excluding hydrogens is 268 g/mol. The molecule has 0 fully saturated rings. The van der Waals surface area contributed by atoms with Gasteiger partial charge in [-0.05, 0) is 30.7 Å². The number of ether oxygens (including phenoxy) is 2. The van der Waals surface area contributed by atoms with Gasteiger partial charge in [-0.2, -0.15) is 0 Å². The number of hydrogen-bond acceptors (Lipinski definition) is 3. The highest BCUT2D eigenvalue weighted by Crippen LogP contribution is 2.33. The smallest absolute Gasteiger partial charge is 0.255 e. The first-order valence-electron chi connectivity index (χ1n) is 7.12. The molecule has 0 saturated carbocycles. The number of H-pyrrole nitrogens is 1. The van der Waals surface area contributed by atoms with Crippen molar-refractivity contribution in [1.29, 1.82) is 0 Å². The lowest BCUT2D eigenvalue weighted by atomic mass is 10.1. The Hall–Kier alpha value is -2.43. The van der Waals surface area contributed by atoms with E-state index in [-0.39, 0.29) is 11.9 Å². The van der Waals surface area contributed by atoms with Gasteiger partial charge in [-0.25, -0.2) is 0 Å². The molecule has 5 heteroatoms. The van der Waals surface area contributed by atoms with E-state index in [1.807, 2.05) is 31.3 Å². The Labute approximate surface area is 123 Å². The predicted octanol–water partition coefficient (Wildman–Crippen LogP) is 2.67. The molecule has 110 valence electrons. The van der Waals surface area contributed by atoms with E-state index in [4.69, 9.17) is 9.47 Å². The molecule has 1 aromatic carbocycles. The van der Waals surface area contributed by atoms with E-state index in [9.17, 15) is 4.79 Å². The van der Waals surface area contributed by atoms with Gasteiger partial charge in [0.05, 0.1) is 11.6 Å². The molecule has 1 aromatic heterocycles. The molecule has 1 atom stereocenters. The number of amides is 1. The van der Waals surface area contributed by atoms with E-state index >= 15 is 0 Å². The number of aromatic nitrogens is 1. The number of para-hydroxylation sites is 1. The van der Waals surface area contributed by atoms with Crippen LogP contribution in [-0.4, -0.2) is 24.1 Å². The highest BCUT2D eigenvalue weighted by molar-refractivity contribution is 5.98. The maximum absolute atomic E-state index is 12.5. The molecule has 0 spiro atoms. The van der Waals surface area contributed by atoms with Crippen molar-refractivity contribution in [3.8, 4) is 11.5 Å². The fourth-order valence-corrected chi connectivity index (χ4v) is 2.45. The van der Waals surface area contributed by atoms with Crippen LogP contribution in [0.1, 0.15) is 35.4 Å². The van der Waals surface area contributed by atoms with Crippen molar-refractivity contribution in [2.75, 3.05) is 13.2 Å². The van der Waals surface area contributed by atoms with Crippen molar-refractivity contribution < 1.29 is 14.3 Å². The van der Waals surface area contributed by atoms with Gasteiger partial charge < -0.3 is 19.8 Å². The molecule has 0 radical (unpaired) electrons. The molecule has 1 aliphatic heterocycles. The van der Waals surface area contributed by atoms with Gasteiger partial charge in [-0.1, -0.05) is 13.0 Å². The van der Waals surface area contributed by atoms with Gasteiger partial charge in [-0.3, -0.25) is 4.79 Å². The standard InChI is InChI=1S/C16H18N2O3/c1-2-12(13-6-4-8-17-13)18-16(19)11-5-3-7-14-15(11)21-10-9-20-14/h3-8,12,17H,2,9-10H2,1H3,(H,18,19). The minimum Gasteiger partial charge on any atom is -0.486 e. The minimum absolute atomic E-state index is 0.0483.